The maximum absolute atomic E-state index is 8.76. The number of nitriles is 1. The highest BCUT2D eigenvalue weighted by atomic mass is 14.9. The number of rotatable bonds is 3. The zero-order valence-corrected chi connectivity index (χ0v) is 14.4. The summed E-state index contributed by atoms with van der Waals surface area (Å²) in [6.07, 6.45) is 5.36. The van der Waals surface area contributed by atoms with E-state index in [1.54, 1.807) is 12.4 Å². The van der Waals surface area contributed by atoms with E-state index in [4.69, 9.17) is 5.26 Å². The van der Waals surface area contributed by atoms with E-state index in [0.29, 0.717) is 0 Å². The van der Waals surface area contributed by atoms with Gasteiger partial charge in [0.05, 0.1) is 17.7 Å². The number of H-pyrrole nitrogens is 2. The van der Waals surface area contributed by atoms with Crippen molar-refractivity contribution in [3.63, 3.8) is 0 Å². The van der Waals surface area contributed by atoms with E-state index < -0.39 is 0 Å². The number of nitrogens with zero attached hydrogens (tertiary/aromatic N) is 3. The summed E-state index contributed by atoms with van der Waals surface area (Å²) in [5.74, 6) is 1.57. The van der Waals surface area contributed by atoms with Gasteiger partial charge in [0.15, 0.2) is 0 Å². The molecule has 2 heterocycles. The van der Waals surface area contributed by atoms with E-state index >= 15 is 0 Å². The third kappa shape index (κ3) is 4.25. The maximum atomic E-state index is 8.76. The van der Waals surface area contributed by atoms with Crippen molar-refractivity contribution in [2.45, 2.75) is 12.8 Å². The van der Waals surface area contributed by atoms with Crippen LogP contribution in [0.25, 0.3) is 22.8 Å². The minimum absolute atomic E-state index is 0.168. The molecule has 0 fully saturated rings. The van der Waals surface area contributed by atoms with Crippen LogP contribution < -0.4 is 0 Å². The number of benzene rings is 2. The Kier molecular flexibility index (Phi) is 5.58. The molecule has 0 radical (unpaired) electrons. The third-order valence-electron chi connectivity index (χ3n) is 3.83. The molecule has 0 aliphatic carbocycles. The molecule has 0 amide bonds. The van der Waals surface area contributed by atoms with E-state index in [1.807, 2.05) is 73.8 Å². The number of aromatic amines is 2. The van der Waals surface area contributed by atoms with Crippen molar-refractivity contribution < 1.29 is 0 Å². The Balaban J connectivity index is 0.000000158. The zero-order valence-electron chi connectivity index (χ0n) is 14.4. The first kappa shape index (κ1) is 17.2. The molecule has 1 atom stereocenters. The molecule has 5 heteroatoms. The Morgan fingerprint density at radius 3 is 2.04 bits per heavy atom. The van der Waals surface area contributed by atoms with Crippen LogP contribution in [0.2, 0.25) is 0 Å². The van der Waals surface area contributed by atoms with Gasteiger partial charge in [0.1, 0.15) is 11.6 Å². The Morgan fingerprint density at radius 1 is 0.885 bits per heavy atom. The van der Waals surface area contributed by atoms with E-state index in [2.05, 4.69) is 26.0 Å². The number of nitrogens with one attached hydrogen (secondary N) is 2. The smallest absolute Gasteiger partial charge is 0.137 e. The molecule has 26 heavy (non-hydrogen) atoms. The average Bonchev–Trinajstić information content (AvgIpc) is 3.41. The molecule has 0 bridgehead atoms. The van der Waals surface area contributed by atoms with Crippen molar-refractivity contribution in [2.75, 3.05) is 0 Å². The van der Waals surface area contributed by atoms with Crippen LogP contribution in [-0.2, 0) is 0 Å². The summed E-state index contributed by atoms with van der Waals surface area (Å²) < 4.78 is 0. The lowest BCUT2D eigenvalue weighted by Crippen LogP contribution is -1.88. The van der Waals surface area contributed by atoms with Crippen LogP contribution in [0.5, 0.6) is 0 Å². The number of imidazole rings is 2. The molecular weight excluding hydrogens is 322 g/mol. The Morgan fingerprint density at radius 2 is 1.50 bits per heavy atom. The van der Waals surface area contributed by atoms with E-state index in [0.717, 1.165) is 28.5 Å². The largest absolute Gasteiger partial charge is 0.345 e. The summed E-state index contributed by atoms with van der Waals surface area (Å²) >= 11 is 0. The fraction of sp³-hybridized carbons (Fsp3) is 0.0952. The van der Waals surface area contributed by atoms with Gasteiger partial charge in [0.25, 0.3) is 0 Å². The van der Waals surface area contributed by atoms with Crippen LogP contribution >= 0.6 is 0 Å². The number of hydrogen-bond donors (Lipinski definition) is 2. The molecule has 5 nitrogen and oxygen atoms in total. The van der Waals surface area contributed by atoms with Crippen LogP contribution in [0.15, 0.2) is 79.3 Å². The van der Waals surface area contributed by atoms with E-state index in [9.17, 15) is 0 Å². The summed E-state index contributed by atoms with van der Waals surface area (Å²) in [6, 6.07) is 22.1. The predicted molar refractivity (Wildman–Crippen MR) is 102 cm³/mol. The quantitative estimate of drug-likeness (QED) is 0.562. The van der Waals surface area contributed by atoms with Crippen molar-refractivity contribution in [3.8, 4) is 28.8 Å². The second kappa shape index (κ2) is 8.45. The van der Waals surface area contributed by atoms with Crippen molar-refractivity contribution in [1.82, 2.24) is 19.9 Å². The number of aromatic nitrogens is 4. The predicted octanol–water partition coefficient (Wildman–Crippen LogP) is 4.78. The van der Waals surface area contributed by atoms with Crippen molar-refractivity contribution in [2.24, 2.45) is 0 Å². The van der Waals surface area contributed by atoms with Crippen LogP contribution in [0, 0.1) is 11.3 Å². The molecule has 2 aromatic heterocycles. The van der Waals surface area contributed by atoms with Gasteiger partial charge in [0, 0.05) is 29.7 Å². The zero-order chi connectivity index (χ0) is 18.2. The van der Waals surface area contributed by atoms with Gasteiger partial charge >= 0.3 is 0 Å². The van der Waals surface area contributed by atoms with E-state index in [-0.39, 0.29) is 5.92 Å². The Hall–Kier alpha value is -3.65. The van der Waals surface area contributed by atoms with Crippen LogP contribution in [0.4, 0.5) is 0 Å². The van der Waals surface area contributed by atoms with Gasteiger partial charge in [-0.1, -0.05) is 60.7 Å². The molecule has 0 saturated heterocycles. The van der Waals surface area contributed by atoms with Gasteiger partial charge in [-0.15, -0.1) is 0 Å². The molecule has 4 aromatic rings. The Bertz CT molecular complexity index is 951. The lowest BCUT2D eigenvalue weighted by molar-refractivity contribution is 0.936. The van der Waals surface area contributed by atoms with Gasteiger partial charge in [-0.3, -0.25) is 0 Å². The van der Waals surface area contributed by atoms with Gasteiger partial charge in [0.2, 0.25) is 0 Å². The second-order valence-corrected chi connectivity index (χ2v) is 5.69. The minimum Gasteiger partial charge on any atom is -0.345 e. The number of hydrogen-bond acceptors (Lipinski definition) is 3. The monoisotopic (exact) mass is 341 g/mol. The molecule has 2 N–H and O–H groups in total. The lowest BCUT2D eigenvalue weighted by Gasteiger charge is -1.95. The summed E-state index contributed by atoms with van der Waals surface area (Å²) in [4.78, 5) is 14.6. The highest BCUT2D eigenvalue weighted by molar-refractivity contribution is 5.55. The van der Waals surface area contributed by atoms with Crippen molar-refractivity contribution in [3.05, 3.63) is 84.9 Å². The fourth-order valence-corrected chi connectivity index (χ4v) is 2.39. The third-order valence-corrected chi connectivity index (χ3v) is 3.83. The van der Waals surface area contributed by atoms with E-state index in [1.165, 1.54) is 0 Å². The first-order chi connectivity index (χ1) is 12.8. The second-order valence-electron chi connectivity index (χ2n) is 5.69. The molecular formula is C21H19N5. The molecule has 0 aliphatic heterocycles. The molecule has 4 rings (SSSR count). The summed E-state index contributed by atoms with van der Waals surface area (Å²) in [7, 11) is 0. The lowest BCUT2D eigenvalue weighted by atomic mass is 10.1. The molecule has 1 unspecified atom stereocenters. The van der Waals surface area contributed by atoms with Gasteiger partial charge in [-0.25, -0.2) is 9.97 Å². The SMILES string of the molecule is CC(C#N)c1c[nH]c(-c2ccccc2)n1.c1ccc(-c2ncc[nH]2)cc1. The highest BCUT2D eigenvalue weighted by Crippen LogP contribution is 2.18. The summed E-state index contributed by atoms with van der Waals surface area (Å²) in [6.45, 7) is 1.84. The van der Waals surface area contributed by atoms with Crippen LogP contribution in [0.3, 0.4) is 0 Å². The molecule has 128 valence electrons. The summed E-state index contributed by atoms with van der Waals surface area (Å²) in [5, 5.41) is 8.76. The highest BCUT2D eigenvalue weighted by Gasteiger charge is 2.09. The Labute approximate surface area is 152 Å². The molecule has 0 spiro atoms. The molecule has 2 aromatic carbocycles. The first-order valence-corrected chi connectivity index (χ1v) is 8.33. The van der Waals surface area contributed by atoms with Gasteiger partial charge in [-0.2, -0.15) is 5.26 Å². The van der Waals surface area contributed by atoms with Gasteiger partial charge in [-0.05, 0) is 6.92 Å². The summed E-state index contributed by atoms with van der Waals surface area (Å²) in [5.41, 5.74) is 2.95. The van der Waals surface area contributed by atoms with Gasteiger partial charge < -0.3 is 9.97 Å². The average molecular weight is 341 g/mol. The normalized spacial score (nSPS) is 11.1. The van der Waals surface area contributed by atoms with Crippen molar-refractivity contribution >= 4 is 0 Å². The van der Waals surface area contributed by atoms with Crippen LogP contribution in [-0.4, -0.2) is 19.9 Å². The molecule has 0 aliphatic rings. The topological polar surface area (TPSA) is 81.2 Å². The fourth-order valence-electron chi connectivity index (χ4n) is 2.39. The molecule has 0 saturated carbocycles. The standard InChI is InChI=1S/C12H11N3.C9H8N2/c1-9(7-13)11-8-14-12(15-11)10-5-3-2-4-6-10;1-2-4-8(5-3-1)9-10-6-7-11-9/h2-6,8-9H,1H3,(H,14,15);1-7H,(H,10,11). The van der Waals surface area contributed by atoms with Crippen molar-refractivity contribution in [1.29, 1.82) is 5.26 Å². The first-order valence-electron chi connectivity index (χ1n) is 8.33. The van der Waals surface area contributed by atoms with Crippen LogP contribution in [0.1, 0.15) is 18.5 Å². The maximum Gasteiger partial charge on any atom is 0.137 e. The minimum atomic E-state index is -0.168.